The quantitative estimate of drug-likeness (QED) is 0.667. The second-order valence-electron chi connectivity index (χ2n) is 2.55. The van der Waals surface area contributed by atoms with Gasteiger partial charge in [-0.05, 0) is 6.07 Å². The van der Waals surface area contributed by atoms with Gasteiger partial charge >= 0.3 is 0 Å². The van der Waals surface area contributed by atoms with Crippen molar-refractivity contribution < 1.29 is 4.39 Å². The van der Waals surface area contributed by atoms with E-state index in [0.29, 0.717) is 10.4 Å². The van der Waals surface area contributed by atoms with Crippen LogP contribution in [0.4, 0.5) is 4.39 Å². The van der Waals surface area contributed by atoms with Crippen molar-refractivity contribution in [2.75, 3.05) is 0 Å². The van der Waals surface area contributed by atoms with E-state index in [2.05, 4.69) is 9.97 Å². The zero-order valence-corrected chi connectivity index (χ0v) is 8.83. The molecule has 14 heavy (non-hydrogen) atoms. The van der Waals surface area contributed by atoms with Crippen LogP contribution < -0.4 is 0 Å². The average molecular weight is 251 g/mol. The summed E-state index contributed by atoms with van der Waals surface area (Å²) in [6, 6.07) is 1.42. The first-order valence-electron chi connectivity index (χ1n) is 3.55. The molecule has 0 bridgehead atoms. The molecule has 0 unspecified atom stereocenters. The van der Waals surface area contributed by atoms with E-state index in [0.717, 1.165) is 0 Å². The van der Waals surface area contributed by atoms with Crippen molar-refractivity contribution in [1.29, 1.82) is 0 Å². The maximum Gasteiger partial charge on any atom is 0.186 e. The molecule has 2 rings (SSSR count). The molecule has 2 nitrogen and oxygen atoms in total. The fourth-order valence-corrected chi connectivity index (χ4v) is 1.69. The van der Waals surface area contributed by atoms with Gasteiger partial charge in [0.25, 0.3) is 0 Å². The molecule has 0 fully saturated rings. The Labute approximate surface area is 93.6 Å². The Balaban J connectivity index is 2.95. The Kier molecular flexibility index (Phi) is 2.47. The molecule has 0 atom stereocenters. The minimum Gasteiger partial charge on any atom is -0.241 e. The molecule has 0 aliphatic heterocycles. The van der Waals surface area contributed by atoms with Crippen molar-refractivity contribution in [2.45, 2.75) is 0 Å². The van der Waals surface area contributed by atoms with Gasteiger partial charge in [0.15, 0.2) is 11.0 Å². The van der Waals surface area contributed by atoms with Crippen LogP contribution in [0.15, 0.2) is 12.3 Å². The summed E-state index contributed by atoms with van der Waals surface area (Å²) in [5.41, 5.74) is 0.0301. The summed E-state index contributed by atoms with van der Waals surface area (Å²) < 4.78 is 13.4. The Hall–Kier alpha value is -0.640. The Bertz CT molecular complexity index is 515. The van der Waals surface area contributed by atoms with Crippen LogP contribution in [0.5, 0.6) is 0 Å². The number of halogens is 4. The van der Waals surface area contributed by atoms with Crippen molar-refractivity contribution in [2.24, 2.45) is 0 Å². The molecule has 2 aromatic rings. The topological polar surface area (TPSA) is 25.8 Å². The first-order chi connectivity index (χ1) is 6.59. The first kappa shape index (κ1) is 9.90. The molecule has 72 valence electrons. The van der Waals surface area contributed by atoms with Crippen molar-refractivity contribution >= 4 is 45.7 Å². The van der Waals surface area contributed by atoms with E-state index >= 15 is 0 Å². The van der Waals surface area contributed by atoms with Crippen LogP contribution in [0, 0.1) is 5.82 Å². The lowest BCUT2D eigenvalue weighted by Gasteiger charge is -2.02. The van der Waals surface area contributed by atoms with Crippen molar-refractivity contribution in [3.63, 3.8) is 0 Å². The smallest absolute Gasteiger partial charge is 0.186 e. The maximum atomic E-state index is 13.4. The molecule has 0 amide bonds. The highest BCUT2D eigenvalue weighted by Crippen LogP contribution is 2.28. The van der Waals surface area contributed by atoms with E-state index in [4.69, 9.17) is 34.8 Å². The minimum atomic E-state index is -0.714. The van der Waals surface area contributed by atoms with Crippen LogP contribution in [0.2, 0.25) is 15.3 Å². The molecule has 0 aliphatic carbocycles. The van der Waals surface area contributed by atoms with E-state index < -0.39 is 5.82 Å². The largest absolute Gasteiger partial charge is 0.241 e. The second-order valence-corrected chi connectivity index (χ2v) is 3.70. The number of nitrogens with zero attached hydrogens (tertiary/aromatic N) is 2. The summed E-state index contributed by atoms with van der Waals surface area (Å²) in [4.78, 5) is 7.40. The molecule has 2 heterocycles. The highest BCUT2D eigenvalue weighted by atomic mass is 35.5. The fraction of sp³-hybridized carbons (Fsp3) is 0. The summed E-state index contributed by atoms with van der Waals surface area (Å²) in [5, 5.41) is 0.549. The van der Waals surface area contributed by atoms with Gasteiger partial charge in [0.2, 0.25) is 0 Å². The fourth-order valence-electron chi connectivity index (χ4n) is 1.06. The number of aromatic nitrogens is 2. The summed E-state index contributed by atoms with van der Waals surface area (Å²) in [7, 11) is 0. The zero-order valence-electron chi connectivity index (χ0n) is 6.56. The third-order valence-electron chi connectivity index (χ3n) is 1.67. The molecule has 0 spiro atoms. The van der Waals surface area contributed by atoms with Crippen molar-refractivity contribution in [1.82, 2.24) is 9.97 Å². The lowest BCUT2D eigenvalue weighted by Crippen LogP contribution is -1.90. The lowest BCUT2D eigenvalue weighted by atomic mass is 10.3. The van der Waals surface area contributed by atoms with Gasteiger partial charge in [-0.1, -0.05) is 34.8 Å². The van der Waals surface area contributed by atoms with Gasteiger partial charge < -0.3 is 0 Å². The van der Waals surface area contributed by atoms with E-state index in [1.807, 2.05) is 0 Å². The molecule has 0 radical (unpaired) electrons. The Morgan fingerprint density at radius 1 is 1.21 bits per heavy atom. The van der Waals surface area contributed by atoms with Gasteiger partial charge in [0.05, 0.1) is 5.02 Å². The van der Waals surface area contributed by atoms with E-state index in [9.17, 15) is 4.39 Å². The van der Waals surface area contributed by atoms with Crippen LogP contribution in [-0.4, -0.2) is 9.97 Å². The Morgan fingerprint density at radius 3 is 2.64 bits per heavy atom. The standard InChI is InChI=1S/C8H2Cl3FN2/c9-4-1-5(10)14-7-3(4)2-13-8(11)6(7)12/h1-2H. The number of hydrogen-bond donors (Lipinski definition) is 0. The minimum absolute atomic E-state index is 0.0301. The zero-order chi connectivity index (χ0) is 10.3. The first-order valence-corrected chi connectivity index (χ1v) is 4.68. The number of pyridine rings is 2. The van der Waals surface area contributed by atoms with Crippen LogP contribution in [-0.2, 0) is 0 Å². The lowest BCUT2D eigenvalue weighted by molar-refractivity contribution is 0.631. The molecule has 0 aromatic carbocycles. The summed E-state index contributed by atoms with van der Waals surface area (Å²) in [6.45, 7) is 0. The Morgan fingerprint density at radius 2 is 1.93 bits per heavy atom. The predicted octanol–water partition coefficient (Wildman–Crippen LogP) is 3.73. The average Bonchev–Trinajstić information content (AvgIpc) is 2.12. The van der Waals surface area contributed by atoms with Gasteiger partial charge in [-0.15, -0.1) is 0 Å². The summed E-state index contributed by atoms with van der Waals surface area (Å²) >= 11 is 16.9. The van der Waals surface area contributed by atoms with Crippen LogP contribution in [0.25, 0.3) is 10.9 Å². The van der Waals surface area contributed by atoms with Crippen LogP contribution >= 0.6 is 34.8 Å². The third-order valence-corrected chi connectivity index (χ3v) is 2.44. The highest BCUT2D eigenvalue weighted by molar-refractivity contribution is 6.38. The number of hydrogen-bond acceptors (Lipinski definition) is 2. The predicted molar refractivity (Wildman–Crippen MR) is 54.5 cm³/mol. The monoisotopic (exact) mass is 250 g/mol. The van der Waals surface area contributed by atoms with E-state index in [1.54, 1.807) is 0 Å². The maximum absolute atomic E-state index is 13.4. The SMILES string of the molecule is Fc1c(Cl)ncc2c(Cl)cc(Cl)nc12. The summed E-state index contributed by atoms with van der Waals surface area (Å²) in [6.07, 6.45) is 1.35. The normalized spacial score (nSPS) is 10.9. The molecule has 0 N–H and O–H groups in total. The molecule has 0 saturated carbocycles. The van der Waals surface area contributed by atoms with Gasteiger partial charge in [0, 0.05) is 11.6 Å². The molecular weight excluding hydrogens is 249 g/mol. The van der Waals surface area contributed by atoms with E-state index in [1.165, 1.54) is 12.3 Å². The van der Waals surface area contributed by atoms with Crippen molar-refractivity contribution in [3.05, 3.63) is 33.4 Å². The van der Waals surface area contributed by atoms with Gasteiger partial charge in [0.1, 0.15) is 10.7 Å². The van der Waals surface area contributed by atoms with Crippen molar-refractivity contribution in [3.8, 4) is 0 Å². The molecule has 2 aromatic heterocycles. The number of fused-ring (bicyclic) bond motifs is 1. The van der Waals surface area contributed by atoms with Crippen LogP contribution in [0.3, 0.4) is 0 Å². The molecule has 6 heteroatoms. The molecular formula is C8H2Cl3FN2. The highest BCUT2D eigenvalue weighted by Gasteiger charge is 2.11. The van der Waals surface area contributed by atoms with E-state index in [-0.39, 0.29) is 15.8 Å². The molecule has 0 saturated heterocycles. The number of rotatable bonds is 0. The molecule has 0 aliphatic rings. The van der Waals surface area contributed by atoms with Gasteiger partial charge in [-0.3, -0.25) is 0 Å². The summed E-state index contributed by atoms with van der Waals surface area (Å²) in [5.74, 6) is -0.714. The third kappa shape index (κ3) is 1.52. The van der Waals surface area contributed by atoms with Gasteiger partial charge in [-0.25, -0.2) is 14.4 Å². The van der Waals surface area contributed by atoms with Gasteiger partial charge in [-0.2, -0.15) is 0 Å². The van der Waals surface area contributed by atoms with Crippen LogP contribution in [0.1, 0.15) is 0 Å². The second kappa shape index (κ2) is 3.50.